The Kier molecular flexibility index (Phi) is 10.2. The van der Waals surface area contributed by atoms with Gasteiger partial charge in [0.15, 0.2) is 0 Å². The number of esters is 2. The molecule has 0 aliphatic carbocycles. The van der Waals surface area contributed by atoms with Crippen molar-refractivity contribution in [1.29, 1.82) is 0 Å². The van der Waals surface area contributed by atoms with Gasteiger partial charge in [0.2, 0.25) is 0 Å². The van der Waals surface area contributed by atoms with Crippen molar-refractivity contribution in [3.8, 4) is 0 Å². The highest BCUT2D eigenvalue weighted by Gasteiger charge is 2.52. The summed E-state index contributed by atoms with van der Waals surface area (Å²) in [5, 5.41) is 0. The summed E-state index contributed by atoms with van der Waals surface area (Å²) in [5.74, 6) is -1.10. The summed E-state index contributed by atoms with van der Waals surface area (Å²) >= 11 is 0. The van der Waals surface area contributed by atoms with Crippen molar-refractivity contribution in [2.75, 3.05) is 41.1 Å². The Labute approximate surface area is 133 Å². The van der Waals surface area contributed by atoms with Crippen LogP contribution in [0.25, 0.3) is 0 Å². The first-order chi connectivity index (χ1) is 10.5. The Morgan fingerprint density at radius 3 is 1.86 bits per heavy atom. The van der Waals surface area contributed by atoms with Crippen LogP contribution in [0.15, 0.2) is 0 Å². The molecular weight excluding hydrogens is 310 g/mol. The molecule has 0 saturated carbocycles. The zero-order chi connectivity index (χ0) is 17.2. The van der Waals surface area contributed by atoms with Gasteiger partial charge in [-0.05, 0) is 20.4 Å². The first-order valence-electron chi connectivity index (χ1n) is 7.20. The molecule has 0 bridgehead atoms. The van der Waals surface area contributed by atoms with E-state index >= 15 is 0 Å². The van der Waals surface area contributed by atoms with E-state index in [-0.39, 0.29) is 6.42 Å². The van der Waals surface area contributed by atoms with Crippen molar-refractivity contribution < 1.29 is 32.3 Å². The molecule has 0 aromatic rings. The van der Waals surface area contributed by atoms with Gasteiger partial charge in [0.05, 0.1) is 20.6 Å². The van der Waals surface area contributed by atoms with Crippen molar-refractivity contribution >= 4 is 20.9 Å². The van der Waals surface area contributed by atoms with Gasteiger partial charge in [0.1, 0.15) is 6.04 Å². The second-order valence-corrected chi connectivity index (χ2v) is 6.81. The molecule has 0 amide bonds. The maximum Gasteiger partial charge on any atom is 0.600 e. The summed E-state index contributed by atoms with van der Waals surface area (Å²) in [6, 6.07) is -0.896. The van der Waals surface area contributed by atoms with Gasteiger partial charge in [0.25, 0.3) is 0 Å². The third-order valence-corrected chi connectivity index (χ3v) is 6.20. The van der Waals surface area contributed by atoms with E-state index in [4.69, 9.17) is 18.0 Å². The largest absolute Gasteiger partial charge is 0.600 e. The first-order valence-corrected chi connectivity index (χ1v) is 8.87. The van der Waals surface area contributed by atoms with Gasteiger partial charge in [-0.1, -0.05) is 6.92 Å². The molecule has 0 aliphatic heterocycles. The molecule has 0 aromatic heterocycles. The van der Waals surface area contributed by atoms with E-state index in [0.717, 1.165) is 0 Å². The van der Waals surface area contributed by atoms with E-state index in [1.807, 2.05) is 6.92 Å². The number of ether oxygens (including phenoxy) is 2. The third kappa shape index (κ3) is 5.32. The standard InChI is InChI=1S/C13H27NO7Si/c1-7-14(22(19-6,20-8-2)21-9-3)11(13(16)18-5)10-12(15)17-4/h11H,7-10H2,1-6H3. The molecule has 1 atom stereocenters. The number of nitrogens with zero attached hydrogens (tertiary/aromatic N) is 1. The molecule has 0 aromatic carbocycles. The number of carbonyl (C=O) groups excluding carboxylic acids is 2. The molecule has 22 heavy (non-hydrogen) atoms. The number of hydrogen-bond donors (Lipinski definition) is 0. The lowest BCUT2D eigenvalue weighted by atomic mass is 10.2. The molecule has 0 saturated heterocycles. The number of hydrogen-bond acceptors (Lipinski definition) is 8. The lowest BCUT2D eigenvalue weighted by Gasteiger charge is -2.39. The summed E-state index contributed by atoms with van der Waals surface area (Å²) in [5.41, 5.74) is 0. The molecule has 0 aliphatic rings. The van der Waals surface area contributed by atoms with Gasteiger partial charge in [-0.25, -0.2) is 4.57 Å². The first kappa shape index (κ1) is 21.0. The summed E-state index contributed by atoms with van der Waals surface area (Å²) in [7, 11) is 0.694. The van der Waals surface area contributed by atoms with E-state index in [0.29, 0.717) is 19.8 Å². The molecule has 0 heterocycles. The van der Waals surface area contributed by atoms with Crippen LogP contribution in [0.5, 0.6) is 0 Å². The zero-order valence-electron chi connectivity index (χ0n) is 14.2. The Hall–Kier alpha value is -1.00. The van der Waals surface area contributed by atoms with Crippen molar-refractivity contribution in [1.82, 2.24) is 4.57 Å². The summed E-state index contributed by atoms with van der Waals surface area (Å²) < 4.78 is 28.1. The number of rotatable bonds is 11. The molecule has 0 rings (SSSR count). The van der Waals surface area contributed by atoms with Gasteiger partial charge in [-0.3, -0.25) is 9.59 Å². The minimum Gasteiger partial charge on any atom is -0.469 e. The lowest BCUT2D eigenvalue weighted by molar-refractivity contribution is -0.153. The summed E-state index contributed by atoms with van der Waals surface area (Å²) in [6.07, 6.45) is -0.171. The monoisotopic (exact) mass is 337 g/mol. The Balaban J connectivity index is 5.63. The van der Waals surface area contributed by atoms with E-state index in [1.54, 1.807) is 18.4 Å². The molecular formula is C13H27NO7Si. The van der Waals surface area contributed by atoms with Gasteiger partial charge in [-0.2, -0.15) is 0 Å². The number of carbonyl (C=O) groups is 2. The Morgan fingerprint density at radius 1 is 1.00 bits per heavy atom. The van der Waals surface area contributed by atoms with Crippen LogP contribution in [-0.2, 0) is 32.3 Å². The molecule has 8 nitrogen and oxygen atoms in total. The van der Waals surface area contributed by atoms with Gasteiger partial charge < -0.3 is 22.8 Å². The predicted molar refractivity (Wildman–Crippen MR) is 80.8 cm³/mol. The highest BCUT2D eigenvalue weighted by molar-refractivity contribution is 6.58. The van der Waals surface area contributed by atoms with Crippen LogP contribution in [0.2, 0.25) is 0 Å². The Bertz CT molecular complexity index is 347. The normalized spacial score (nSPS) is 13.0. The van der Waals surface area contributed by atoms with Crippen molar-refractivity contribution in [3.05, 3.63) is 0 Å². The SMILES string of the molecule is CCO[Si](OC)(OCC)N(CC)C(CC(=O)OC)C(=O)OC. The number of methoxy groups -OCH3 is 2. The Morgan fingerprint density at radius 2 is 1.55 bits per heavy atom. The second kappa shape index (κ2) is 10.7. The summed E-state index contributed by atoms with van der Waals surface area (Å²) in [4.78, 5) is 23.7. The lowest BCUT2D eigenvalue weighted by Crippen LogP contribution is -2.65. The summed E-state index contributed by atoms with van der Waals surface area (Å²) in [6.45, 7) is 6.52. The van der Waals surface area contributed by atoms with Crippen LogP contribution in [0.3, 0.4) is 0 Å². The average Bonchev–Trinajstić information content (AvgIpc) is 2.53. The third-order valence-electron chi connectivity index (χ3n) is 3.04. The fourth-order valence-electron chi connectivity index (χ4n) is 2.11. The minimum atomic E-state index is -3.30. The van der Waals surface area contributed by atoms with Crippen molar-refractivity contribution in [3.63, 3.8) is 0 Å². The van der Waals surface area contributed by atoms with E-state index in [9.17, 15) is 9.59 Å². The number of likely N-dealkylation sites (N-methyl/N-ethyl adjacent to an activating group) is 1. The van der Waals surface area contributed by atoms with Crippen LogP contribution in [0, 0.1) is 0 Å². The van der Waals surface area contributed by atoms with Crippen LogP contribution >= 0.6 is 0 Å². The van der Waals surface area contributed by atoms with E-state index in [2.05, 4.69) is 4.74 Å². The maximum atomic E-state index is 12.1. The maximum absolute atomic E-state index is 12.1. The van der Waals surface area contributed by atoms with Crippen LogP contribution in [0.4, 0.5) is 0 Å². The van der Waals surface area contributed by atoms with Crippen LogP contribution in [0.1, 0.15) is 27.2 Å². The fourth-order valence-corrected chi connectivity index (χ4v) is 4.69. The minimum absolute atomic E-state index is 0.171. The quantitative estimate of drug-likeness (QED) is 0.400. The van der Waals surface area contributed by atoms with Gasteiger partial charge >= 0.3 is 20.9 Å². The fraction of sp³-hybridized carbons (Fsp3) is 0.846. The molecule has 0 spiro atoms. The van der Waals surface area contributed by atoms with Crippen LogP contribution in [-0.4, -0.2) is 72.6 Å². The molecule has 9 heteroatoms. The highest BCUT2D eigenvalue weighted by Crippen LogP contribution is 2.21. The average molecular weight is 337 g/mol. The van der Waals surface area contributed by atoms with Crippen molar-refractivity contribution in [2.45, 2.75) is 33.2 Å². The van der Waals surface area contributed by atoms with E-state index < -0.39 is 26.9 Å². The smallest absolute Gasteiger partial charge is 0.469 e. The van der Waals surface area contributed by atoms with Crippen molar-refractivity contribution in [2.24, 2.45) is 0 Å². The molecule has 0 fully saturated rings. The second-order valence-electron chi connectivity index (χ2n) is 4.20. The van der Waals surface area contributed by atoms with Crippen LogP contribution < -0.4 is 0 Å². The molecule has 0 N–H and O–H groups in total. The topological polar surface area (TPSA) is 83.5 Å². The molecule has 1 unspecified atom stereocenters. The predicted octanol–water partition coefficient (Wildman–Crippen LogP) is 0.568. The highest BCUT2D eigenvalue weighted by atomic mass is 28.4. The van der Waals surface area contributed by atoms with Gasteiger partial charge in [0, 0.05) is 20.3 Å². The molecule has 130 valence electrons. The molecule has 0 radical (unpaired) electrons. The van der Waals surface area contributed by atoms with Gasteiger partial charge in [-0.15, -0.1) is 0 Å². The zero-order valence-corrected chi connectivity index (χ0v) is 15.2. The van der Waals surface area contributed by atoms with E-state index in [1.165, 1.54) is 21.3 Å².